The second-order valence-electron chi connectivity index (χ2n) is 5.44. The van der Waals surface area contributed by atoms with Crippen LogP contribution in [0.1, 0.15) is 23.5 Å². The van der Waals surface area contributed by atoms with Crippen molar-refractivity contribution in [1.29, 1.82) is 0 Å². The molecule has 0 fully saturated rings. The lowest BCUT2D eigenvalue weighted by Gasteiger charge is -2.25. The third-order valence-corrected chi connectivity index (χ3v) is 4.64. The van der Waals surface area contributed by atoms with Gasteiger partial charge in [-0.25, -0.2) is 0 Å². The van der Waals surface area contributed by atoms with Crippen LogP contribution in [0.4, 0.5) is 13.2 Å². The largest absolute Gasteiger partial charge is 0.406 e. The van der Waals surface area contributed by atoms with Gasteiger partial charge in [0.25, 0.3) is 5.91 Å². The van der Waals surface area contributed by atoms with Gasteiger partial charge in [0.15, 0.2) is 0 Å². The van der Waals surface area contributed by atoms with Gasteiger partial charge in [-0.15, -0.1) is 11.3 Å². The standard InChI is InChI=1S/C15H15ClF3NOS/c1-9(2)7-20(8-15(17,18)19)14(21)13-12(16)10-5-3-4-6-11(10)22-13/h3-6,9H,7-8H2,1-2H3. The molecule has 2 nitrogen and oxygen atoms in total. The Morgan fingerprint density at radius 2 is 1.95 bits per heavy atom. The molecule has 0 bridgehead atoms. The Kier molecular flexibility index (Phi) is 5.02. The zero-order chi connectivity index (χ0) is 16.5. The van der Waals surface area contributed by atoms with Crippen LogP contribution in [0.2, 0.25) is 5.02 Å². The molecule has 1 heterocycles. The Morgan fingerprint density at radius 1 is 1.32 bits per heavy atom. The van der Waals surface area contributed by atoms with Crippen molar-refractivity contribution in [1.82, 2.24) is 4.90 Å². The quantitative estimate of drug-likeness (QED) is 0.741. The molecule has 2 aromatic rings. The highest BCUT2D eigenvalue weighted by atomic mass is 35.5. The number of thiophene rings is 1. The molecule has 0 atom stereocenters. The van der Waals surface area contributed by atoms with E-state index in [4.69, 9.17) is 11.6 Å². The summed E-state index contributed by atoms with van der Waals surface area (Å²) in [5.74, 6) is -0.739. The third kappa shape index (κ3) is 3.93. The molecule has 7 heteroatoms. The molecule has 0 unspecified atom stereocenters. The lowest BCUT2D eigenvalue weighted by molar-refractivity contribution is -0.141. The summed E-state index contributed by atoms with van der Waals surface area (Å²) in [7, 11) is 0. The number of hydrogen-bond acceptors (Lipinski definition) is 2. The van der Waals surface area contributed by atoms with Gasteiger partial charge in [-0.1, -0.05) is 43.6 Å². The molecule has 22 heavy (non-hydrogen) atoms. The number of halogens is 4. The SMILES string of the molecule is CC(C)CN(CC(F)(F)F)C(=O)c1sc2ccccc2c1Cl. The van der Waals surface area contributed by atoms with E-state index in [9.17, 15) is 18.0 Å². The molecule has 0 aliphatic rings. The normalized spacial score (nSPS) is 12.1. The summed E-state index contributed by atoms with van der Waals surface area (Å²) in [6.07, 6.45) is -4.44. The minimum atomic E-state index is -4.44. The van der Waals surface area contributed by atoms with E-state index >= 15 is 0 Å². The van der Waals surface area contributed by atoms with Gasteiger partial charge in [0.05, 0.1) is 5.02 Å². The van der Waals surface area contributed by atoms with Gasteiger partial charge in [0.2, 0.25) is 0 Å². The molecular weight excluding hydrogens is 335 g/mol. The van der Waals surface area contributed by atoms with Crippen LogP contribution < -0.4 is 0 Å². The van der Waals surface area contributed by atoms with E-state index in [0.717, 1.165) is 20.9 Å². The molecule has 120 valence electrons. The average Bonchev–Trinajstić information content (AvgIpc) is 2.73. The van der Waals surface area contributed by atoms with Crippen LogP contribution in [-0.4, -0.2) is 30.1 Å². The Morgan fingerprint density at radius 3 is 2.50 bits per heavy atom. The van der Waals surface area contributed by atoms with Crippen molar-refractivity contribution >= 4 is 38.9 Å². The van der Waals surface area contributed by atoms with Crippen molar-refractivity contribution < 1.29 is 18.0 Å². The van der Waals surface area contributed by atoms with Crippen molar-refractivity contribution in [2.75, 3.05) is 13.1 Å². The summed E-state index contributed by atoms with van der Waals surface area (Å²) in [5, 5.41) is 0.913. The van der Waals surface area contributed by atoms with Gasteiger partial charge in [0, 0.05) is 16.6 Å². The maximum absolute atomic E-state index is 12.7. The van der Waals surface area contributed by atoms with Crippen LogP contribution in [-0.2, 0) is 0 Å². The van der Waals surface area contributed by atoms with Gasteiger partial charge >= 0.3 is 6.18 Å². The molecule has 0 aliphatic heterocycles. The van der Waals surface area contributed by atoms with E-state index < -0.39 is 18.6 Å². The number of hydrogen-bond donors (Lipinski definition) is 0. The molecular formula is C15H15ClF3NOS. The lowest BCUT2D eigenvalue weighted by atomic mass is 10.2. The first-order chi connectivity index (χ1) is 10.2. The van der Waals surface area contributed by atoms with Gasteiger partial charge in [-0.05, 0) is 12.0 Å². The predicted molar refractivity (Wildman–Crippen MR) is 83.6 cm³/mol. The van der Waals surface area contributed by atoms with Crippen LogP contribution >= 0.6 is 22.9 Å². The number of rotatable bonds is 4. The minimum Gasteiger partial charge on any atom is -0.329 e. The number of nitrogens with zero attached hydrogens (tertiary/aromatic N) is 1. The molecule has 0 saturated heterocycles. The Bertz CT molecular complexity index is 681. The number of alkyl halides is 3. The summed E-state index contributed by atoms with van der Waals surface area (Å²) in [6, 6.07) is 7.11. The summed E-state index contributed by atoms with van der Waals surface area (Å²) >= 11 is 7.31. The summed E-state index contributed by atoms with van der Waals surface area (Å²) in [6.45, 7) is 2.30. The van der Waals surface area contributed by atoms with Crippen molar-refractivity contribution in [2.45, 2.75) is 20.0 Å². The fraction of sp³-hybridized carbons (Fsp3) is 0.400. The molecule has 1 aromatic heterocycles. The summed E-state index contributed by atoms with van der Waals surface area (Å²) in [4.78, 5) is 13.5. The number of carbonyl (C=O) groups excluding carboxylic acids is 1. The molecule has 0 N–H and O–H groups in total. The van der Waals surface area contributed by atoms with E-state index in [1.54, 1.807) is 38.1 Å². The first-order valence-electron chi connectivity index (χ1n) is 6.72. The highest BCUT2D eigenvalue weighted by Gasteiger charge is 2.34. The lowest BCUT2D eigenvalue weighted by Crippen LogP contribution is -2.40. The van der Waals surface area contributed by atoms with Crippen LogP contribution in [0.3, 0.4) is 0 Å². The van der Waals surface area contributed by atoms with Gasteiger partial charge < -0.3 is 4.90 Å². The molecule has 0 radical (unpaired) electrons. The highest BCUT2D eigenvalue weighted by molar-refractivity contribution is 7.21. The smallest absolute Gasteiger partial charge is 0.329 e. The Labute approximate surface area is 135 Å². The maximum Gasteiger partial charge on any atom is 0.406 e. The van der Waals surface area contributed by atoms with E-state index in [-0.39, 0.29) is 22.4 Å². The van der Waals surface area contributed by atoms with Gasteiger partial charge in [0.1, 0.15) is 11.4 Å². The summed E-state index contributed by atoms with van der Waals surface area (Å²) in [5.41, 5.74) is 0. The van der Waals surface area contributed by atoms with Crippen LogP contribution in [0.25, 0.3) is 10.1 Å². The number of fused-ring (bicyclic) bond motifs is 1. The number of benzene rings is 1. The average molecular weight is 350 g/mol. The highest BCUT2D eigenvalue weighted by Crippen LogP contribution is 2.36. The van der Waals surface area contributed by atoms with Gasteiger partial charge in [-0.3, -0.25) is 4.79 Å². The second-order valence-corrected chi connectivity index (χ2v) is 6.87. The van der Waals surface area contributed by atoms with Crippen molar-refractivity contribution in [3.63, 3.8) is 0 Å². The van der Waals surface area contributed by atoms with Crippen molar-refractivity contribution in [3.05, 3.63) is 34.2 Å². The zero-order valence-corrected chi connectivity index (χ0v) is 13.6. The maximum atomic E-state index is 12.7. The van der Waals surface area contributed by atoms with Crippen molar-refractivity contribution in [3.8, 4) is 0 Å². The molecule has 0 spiro atoms. The first kappa shape index (κ1) is 17.1. The molecule has 1 aromatic carbocycles. The fourth-order valence-corrected chi connectivity index (χ4v) is 3.65. The second kappa shape index (κ2) is 6.46. The van der Waals surface area contributed by atoms with E-state index in [2.05, 4.69) is 0 Å². The first-order valence-corrected chi connectivity index (χ1v) is 7.91. The Balaban J connectivity index is 2.37. The monoisotopic (exact) mass is 349 g/mol. The number of carbonyl (C=O) groups is 1. The third-order valence-electron chi connectivity index (χ3n) is 2.97. The van der Waals surface area contributed by atoms with E-state index in [1.165, 1.54) is 0 Å². The van der Waals surface area contributed by atoms with Crippen molar-refractivity contribution in [2.24, 2.45) is 5.92 Å². The van der Waals surface area contributed by atoms with E-state index in [0.29, 0.717) is 5.39 Å². The Hall–Kier alpha value is -1.27. The molecule has 0 saturated carbocycles. The molecule has 1 amide bonds. The van der Waals surface area contributed by atoms with Crippen LogP contribution in [0.15, 0.2) is 24.3 Å². The zero-order valence-electron chi connectivity index (χ0n) is 12.1. The molecule has 2 rings (SSSR count). The van der Waals surface area contributed by atoms with Crippen LogP contribution in [0.5, 0.6) is 0 Å². The number of amides is 1. The van der Waals surface area contributed by atoms with Gasteiger partial charge in [-0.2, -0.15) is 13.2 Å². The van der Waals surface area contributed by atoms with E-state index in [1.807, 2.05) is 0 Å². The fourth-order valence-electron chi connectivity index (χ4n) is 2.17. The summed E-state index contributed by atoms with van der Waals surface area (Å²) < 4.78 is 38.9. The predicted octanol–water partition coefficient (Wildman–Crippen LogP) is 5.22. The van der Waals surface area contributed by atoms with Crippen LogP contribution in [0, 0.1) is 5.92 Å². The minimum absolute atomic E-state index is 0.0307. The topological polar surface area (TPSA) is 20.3 Å². The molecule has 0 aliphatic carbocycles.